The second kappa shape index (κ2) is 6.57. The van der Waals surface area contributed by atoms with E-state index in [1.54, 1.807) is 0 Å². The molecule has 2 saturated carbocycles. The Kier molecular flexibility index (Phi) is 5.02. The number of aliphatic carboxylic acids is 1. The lowest BCUT2D eigenvalue weighted by Crippen LogP contribution is -2.43. The first-order valence-electron chi connectivity index (χ1n) is 7.70. The van der Waals surface area contributed by atoms with Crippen LogP contribution in [0.4, 0.5) is 0 Å². The Labute approximate surface area is 119 Å². The van der Waals surface area contributed by atoms with Crippen LogP contribution in [-0.4, -0.2) is 34.7 Å². The second-order valence-electron chi connectivity index (χ2n) is 6.29. The van der Waals surface area contributed by atoms with Crippen LogP contribution < -0.4 is 5.32 Å². The Morgan fingerprint density at radius 1 is 1.20 bits per heavy atom. The number of rotatable bonds is 5. The number of nitrogens with one attached hydrogen (secondary N) is 1. The van der Waals surface area contributed by atoms with Crippen molar-refractivity contribution < 1.29 is 19.8 Å². The van der Waals surface area contributed by atoms with E-state index >= 15 is 0 Å². The molecule has 3 N–H and O–H groups in total. The summed E-state index contributed by atoms with van der Waals surface area (Å²) in [6.07, 6.45) is 5.05. The molecule has 0 aromatic rings. The first-order valence-corrected chi connectivity index (χ1v) is 7.70. The molecule has 114 valence electrons. The lowest BCUT2D eigenvalue weighted by Gasteiger charge is -2.23. The fourth-order valence-electron chi connectivity index (χ4n) is 3.77. The maximum Gasteiger partial charge on any atom is 0.307 e. The van der Waals surface area contributed by atoms with Crippen LogP contribution in [0.2, 0.25) is 0 Å². The Morgan fingerprint density at radius 3 is 2.50 bits per heavy atom. The molecule has 0 heterocycles. The summed E-state index contributed by atoms with van der Waals surface area (Å²) < 4.78 is 0. The normalized spacial score (nSPS) is 37.0. The number of hydrogen-bond acceptors (Lipinski definition) is 3. The number of aliphatic hydroxyl groups is 1. The van der Waals surface area contributed by atoms with Crippen LogP contribution in [-0.2, 0) is 9.59 Å². The summed E-state index contributed by atoms with van der Waals surface area (Å²) in [6, 6.07) is 0.0163. The average molecular weight is 283 g/mol. The summed E-state index contributed by atoms with van der Waals surface area (Å²) in [5.41, 5.74) is 0. The van der Waals surface area contributed by atoms with Crippen LogP contribution in [0.15, 0.2) is 0 Å². The molecule has 2 fully saturated rings. The third-order valence-corrected chi connectivity index (χ3v) is 5.11. The largest absolute Gasteiger partial charge is 0.481 e. The first-order chi connectivity index (χ1) is 9.56. The van der Waals surface area contributed by atoms with Crippen molar-refractivity contribution in [3.8, 4) is 0 Å². The molecule has 2 aliphatic rings. The van der Waals surface area contributed by atoms with Crippen LogP contribution in [0.1, 0.15) is 45.4 Å². The van der Waals surface area contributed by atoms with Gasteiger partial charge in [0.15, 0.2) is 0 Å². The van der Waals surface area contributed by atoms with Crippen molar-refractivity contribution in [3.63, 3.8) is 0 Å². The van der Waals surface area contributed by atoms with Crippen molar-refractivity contribution in [1.29, 1.82) is 0 Å². The van der Waals surface area contributed by atoms with Gasteiger partial charge in [-0.3, -0.25) is 9.59 Å². The van der Waals surface area contributed by atoms with Gasteiger partial charge in [0.2, 0.25) is 5.91 Å². The van der Waals surface area contributed by atoms with E-state index in [2.05, 4.69) is 5.32 Å². The van der Waals surface area contributed by atoms with Gasteiger partial charge in [-0.2, -0.15) is 0 Å². The molecular formula is C15H25NO4. The van der Waals surface area contributed by atoms with Crippen LogP contribution in [0.25, 0.3) is 0 Å². The van der Waals surface area contributed by atoms with Gasteiger partial charge < -0.3 is 15.5 Å². The summed E-state index contributed by atoms with van der Waals surface area (Å²) >= 11 is 0. The van der Waals surface area contributed by atoms with E-state index in [1.165, 1.54) is 0 Å². The van der Waals surface area contributed by atoms with Gasteiger partial charge in [-0.25, -0.2) is 0 Å². The quantitative estimate of drug-likeness (QED) is 0.712. The van der Waals surface area contributed by atoms with Crippen molar-refractivity contribution in [2.24, 2.45) is 23.7 Å². The monoisotopic (exact) mass is 283 g/mol. The zero-order valence-electron chi connectivity index (χ0n) is 12.0. The van der Waals surface area contributed by atoms with Gasteiger partial charge in [0, 0.05) is 18.6 Å². The predicted octanol–water partition coefficient (Wildman–Crippen LogP) is 1.40. The Bertz CT molecular complexity index is 371. The van der Waals surface area contributed by atoms with Gasteiger partial charge in [0.1, 0.15) is 0 Å². The van der Waals surface area contributed by atoms with Gasteiger partial charge >= 0.3 is 5.97 Å². The highest BCUT2D eigenvalue weighted by Gasteiger charge is 2.43. The third-order valence-electron chi connectivity index (χ3n) is 5.11. The van der Waals surface area contributed by atoms with Gasteiger partial charge in [0.05, 0.1) is 11.8 Å². The van der Waals surface area contributed by atoms with E-state index in [1.807, 2.05) is 6.92 Å². The molecule has 0 spiro atoms. The van der Waals surface area contributed by atoms with Crippen LogP contribution in [0, 0.1) is 23.7 Å². The Balaban J connectivity index is 1.98. The number of aliphatic hydroxyl groups excluding tert-OH is 1. The number of carbonyl (C=O) groups is 2. The molecule has 0 radical (unpaired) electrons. The summed E-state index contributed by atoms with van der Waals surface area (Å²) in [7, 11) is 0. The lowest BCUT2D eigenvalue weighted by atomic mass is 9.94. The molecule has 3 unspecified atom stereocenters. The lowest BCUT2D eigenvalue weighted by molar-refractivity contribution is -0.146. The molecule has 0 aromatic carbocycles. The maximum atomic E-state index is 12.4. The van der Waals surface area contributed by atoms with Gasteiger partial charge in [-0.05, 0) is 31.6 Å². The van der Waals surface area contributed by atoms with Crippen LogP contribution in [0.3, 0.4) is 0 Å². The summed E-state index contributed by atoms with van der Waals surface area (Å²) in [4.78, 5) is 23.7. The third kappa shape index (κ3) is 3.14. The van der Waals surface area contributed by atoms with Crippen molar-refractivity contribution in [2.45, 2.75) is 51.5 Å². The minimum Gasteiger partial charge on any atom is -0.481 e. The minimum atomic E-state index is -0.855. The summed E-state index contributed by atoms with van der Waals surface area (Å²) in [5.74, 6) is -1.47. The molecule has 2 rings (SSSR count). The second-order valence-corrected chi connectivity index (χ2v) is 6.29. The van der Waals surface area contributed by atoms with E-state index in [-0.39, 0.29) is 24.5 Å². The first kappa shape index (κ1) is 15.3. The van der Waals surface area contributed by atoms with Crippen molar-refractivity contribution in [1.82, 2.24) is 5.32 Å². The molecule has 5 nitrogen and oxygen atoms in total. The molecule has 5 atom stereocenters. The fraction of sp³-hybridized carbons (Fsp3) is 0.867. The topological polar surface area (TPSA) is 86.6 Å². The van der Waals surface area contributed by atoms with Crippen LogP contribution >= 0.6 is 0 Å². The molecule has 0 bridgehead atoms. The predicted molar refractivity (Wildman–Crippen MR) is 74.0 cm³/mol. The molecule has 2 aliphatic carbocycles. The van der Waals surface area contributed by atoms with Crippen LogP contribution in [0.5, 0.6) is 0 Å². The SMILES string of the molecule is CCC1C[C@H](C(=O)NC2CCCC2CO)[C@H](C(=O)O)C1. The van der Waals surface area contributed by atoms with Crippen molar-refractivity contribution in [2.75, 3.05) is 6.61 Å². The Hall–Kier alpha value is -1.10. The van der Waals surface area contributed by atoms with E-state index in [0.29, 0.717) is 18.8 Å². The van der Waals surface area contributed by atoms with E-state index in [0.717, 1.165) is 25.7 Å². The molecule has 1 amide bonds. The molecule has 0 aliphatic heterocycles. The zero-order chi connectivity index (χ0) is 14.7. The van der Waals surface area contributed by atoms with Crippen molar-refractivity contribution >= 4 is 11.9 Å². The molecule has 0 aromatic heterocycles. The Morgan fingerprint density at radius 2 is 1.90 bits per heavy atom. The highest BCUT2D eigenvalue weighted by Crippen LogP contribution is 2.39. The van der Waals surface area contributed by atoms with Crippen molar-refractivity contribution in [3.05, 3.63) is 0 Å². The highest BCUT2D eigenvalue weighted by atomic mass is 16.4. The fourth-order valence-corrected chi connectivity index (χ4v) is 3.77. The highest BCUT2D eigenvalue weighted by molar-refractivity contribution is 5.85. The zero-order valence-corrected chi connectivity index (χ0v) is 12.0. The van der Waals surface area contributed by atoms with E-state index in [9.17, 15) is 19.8 Å². The number of carbonyl (C=O) groups excluding carboxylic acids is 1. The molecular weight excluding hydrogens is 258 g/mol. The molecule has 20 heavy (non-hydrogen) atoms. The summed E-state index contributed by atoms with van der Waals surface area (Å²) in [5, 5.41) is 21.6. The van der Waals surface area contributed by atoms with E-state index < -0.39 is 17.8 Å². The van der Waals surface area contributed by atoms with E-state index in [4.69, 9.17) is 0 Å². The number of carboxylic acid groups (broad SMARTS) is 1. The smallest absolute Gasteiger partial charge is 0.307 e. The molecule has 0 saturated heterocycles. The molecule has 5 heteroatoms. The maximum absolute atomic E-state index is 12.4. The van der Waals surface area contributed by atoms with Gasteiger partial charge in [0.25, 0.3) is 0 Å². The number of hydrogen-bond donors (Lipinski definition) is 3. The average Bonchev–Trinajstić information content (AvgIpc) is 3.04. The van der Waals surface area contributed by atoms with Gasteiger partial charge in [-0.15, -0.1) is 0 Å². The van der Waals surface area contributed by atoms with Gasteiger partial charge in [-0.1, -0.05) is 19.8 Å². The summed E-state index contributed by atoms with van der Waals surface area (Å²) in [6.45, 7) is 2.14. The number of amides is 1. The minimum absolute atomic E-state index is 0.0163. The number of carboxylic acids is 1. The standard InChI is InChI=1S/C15H25NO4/c1-2-9-6-11(12(7-9)15(19)20)14(18)16-13-5-3-4-10(13)8-17/h9-13,17H,2-8H2,1H3,(H,16,18)(H,19,20)/t9?,10?,11-,12+,13?/m0/s1.